The number of rotatable bonds is 4. The summed E-state index contributed by atoms with van der Waals surface area (Å²) in [6, 6.07) is 58.5. The van der Waals surface area contributed by atoms with E-state index < -0.39 is 0 Å². The molecular weight excluding hydrogens is 739 g/mol. The van der Waals surface area contributed by atoms with Crippen LogP contribution in [0.2, 0.25) is 0 Å². The molecule has 296 valence electrons. The summed E-state index contributed by atoms with van der Waals surface area (Å²) >= 11 is 0. The van der Waals surface area contributed by atoms with Crippen LogP contribution in [-0.2, 0) is 10.8 Å². The number of fused-ring (bicyclic) bond motifs is 14. The third-order valence-electron chi connectivity index (χ3n) is 17.9. The number of benzene rings is 7. The largest absolute Gasteiger partial charge is 0.455 e. The Morgan fingerprint density at radius 3 is 1.89 bits per heavy atom. The van der Waals surface area contributed by atoms with Crippen LogP contribution < -0.4 is 4.90 Å². The van der Waals surface area contributed by atoms with Crippen molar-refractivity contribution in [2.75, 3.05) is 4.90 Å². The molecule has 3 atom stereocenters. The Morgan fingerprint density at radius 1 is 0.459 bits per heavy atom. The Labute approximate surface area is 358 Å². The maximum Gasteiger partial charge on any atom is 0.143 e. The number of anilines is 3. The van der Waals surface area contributed by atoms with Gasteiger partial charge in [-0.15, -0.1) is 0 Å². The zero-order chi connectivity index (χ0) is 39.6. The molecule has 0 amide bonds. The van der Waals surface area contributed by atoms with Crippen molar-refractivity contribution in [3.8, 4) is 33.4 Å². The molecule has 7 aromatic carbocycles. The molecule has 0 aliphatic heterocycles. The summed E-state index contributed by atoms with van der Waals surface area (Å²) in [5.41, 5.74) is 20.5. The van der Waals surface area contributed by atoms with Crippen LogP contribution in [0, 0.1) is 35.5 Å². The highest BCUT2D eigenvalue weighted by atomic mass is 16.3. The van der Waals surface area contributed by atoms with E-state index in [1.54, 1.807) is 22.3 Å². The van der Waals surface area contributed by atoms with Gasteiger partial charge in [0.1, 0.15) is 11.2 Å². The lowest BCUT2D eigenvalue weighted by Crippen LogP contribution is -2.55. The second kappa shape index (κ2) is 11.9. The van der Waals surface area contributed by atoms with Crippen molar-refractivity contribution in [3.05, 3.63) is 174 Å². The lowest BCUT2D eigenvalue weighted by Gasteiger charge is -2.61. The maximum absolute atomic E-state index is 6.56. The fourth-order valence-electron chi connectivity index (χ4n) is 16.1. The Kier molecular flexibility index (Phi) is 6.62. The molecule has 1 aromatic heterocycles. The minimum absolute atomic E-state index is 0.0432. The second-order valence-electron chi connectivity index (χ2n) is 20.4. The van der Waals surface area contributed by atoms with E-state index in [-0.39, 0.29) is 10.8 Å². The van der Waals surface area contributed by atoms with Gasteiger partial charge in [0, 0.05) is 38.5 Å². The summed E-state index contributed by atoms with van der Waals surface area (Å²) in [5, 5.41) is 2.34. The van der Waals surface area contributed by atoms with Gasteiger partial charge in [-0.05, 0) is 173 Å². The van der Waals surface area contributed by atoms with Gasteiger partial charge < -0.3 is 9.32 Å². The first kappa shape index (κ1) is 33.8. The van der Waals surface area contributed by atoms with Crippen molar-refractivity contribution >= 4 is 39.0 Å². The van der Waals surface area contributed by atoms with Gasteiger partial charge in [0.15, 0.2) is 0 Å². The highest BCUT2D eigenvalue weighted by Crippen LogP contribution is 2.71. The SMILES string of the molecule is c1ccc2c(c1)-c1cc(N(c3ccc(-c4cccc5c4oc4ccccc45)cc3)c3cccc4c3C3(c5ccccc5-4)C4CC5CC(C4)CC3C5)ccc1C21CC2CCC1C2. The normalized spacial score (nSPS) is 29.2. The Morgan fingerprint density at radius 2 is 1.10 bits per heavy atom. The molecule has 0 radical (unpaired) electrons. The lowest BCUT2D eigenvalue weighted by molar-refractivity contribution is -0.0397. The van der Waals surface area contributed by atoms with E-state index in [2.05, 4.69) is 157 Å². The van der Waals surface area contributed by atoms with Gasteiger partial charge in [-0.3, -0.25) is 0 Å². The first-order valence-corrected chi connectivity index (χ1v) is 23.5. The molecule has 8 aromatic rings. The molecule has 0 saturated heterocycles. The van der Waals surface area contributed by atoms with Crippen LogP contribution >= 0.6 is 0 Å². The number of para-hydroxylation sites is 2. The molecule has 3 unspecified atom stereocenters. The Bertz CT molecular complexity index is 3120. The summed E-state index contributed by atoms with van der Waals surface area (Å²) < 4.78 is 6.56. The van der Waals surface area contributed by atoms with E-state index in [9.17, 15) is 0 Å². The van der Waals surface area contributed by atoms with Crippen LogP contribution in [0.4, 0.5) is 17.1 Å². The number of hydrogen-bond donors (Lipinski definition) is 0. The Hall–Kier alpha value is -5.86. The van der Waals surface area contributed by atoms with Crippen LogP contribution in [-0.4, -0.2) is 0 Å². The van der Waals surface area contributed by atoms with E-state index in [0.29, 0.717) is 11.8 Å². The topological polar surface area (TPSA) is 16.4 Å². The second-order valence-corrected chi connectivity index (χ2v) is 20.4. The van der Waals surface area contributed by atoms with E-state index in [1.165, 1.54) is 113 Å². The number of hydrogen-bond acceptors (Lipinski definition) is 2. The first-order chi connectivity index (χ1) is 30.2. The summed E-state index contributed by atoms with van der Waals surface area (Å²) in [6.45, 7) is 0. The standard InChI is InChI=1S/C59H49NO/c1-4-15-51-46(10-1)50-33-43(25-26-52(50)58(51)34-35-19-22-39(58)28-35)60(42-23-20-38(21-24-42)44-12-7-14-49-47-11-3-6-18-55(47)61-57(44)49)54-17-8-13-48-45-9-2-5-16-53(45)59(56(48)54)40-29-36-27-37(31-40)32-41(59)30-36/h1-18,20-21,23-26,33,35-37,39-41H,19,22,27-32,34H2. The molecule has 8 aliphatic carbocycles. The molecule has 1 heterocycles. The highest BCUT2D eigenvalue weighted by molar-refractivity contribution is 6.09. The van der Waals surface area contributed by atoms with Gasteiger partial charge in [-0.2, -0.15) is 0 Å². The smallest absolute Gasteiger partial charge is 0.143 e. The van der Waals surface area contributed by atoms with Gasteiger partial charge in [0.25, 0.3) is 0 Å². The minimum Gasteiger partial charge on any atom is -0.455 e. The lowest BCUT2D eigenvalue weighted by atomic mass is 9.43. The average Bonchev–Trinajstić information content (AvgIpc) is 4.13. The predicted molar refractivity (Wildman–Crippen MR) is 249 cm³/mol. The highest BCUT2D eigenvalue weighted by Gasteiger charge is 2.63. The third-order valence-corrected chi connectivity index (χ3v) is 17.9. The predicted octanol–water partition coefficient (Wildman–Crippen LogP) is 15.5. The molecule has 0 N–H and O–H groups in total. The summed E-state index contributed by atoms with van der Waals surface area (Å²) in [4.78, 5) is 2.68. The molecule has 2 nitrogen and oxygen atoms in total. The quantitative estimate of drug-likeness (QED) is 0.177. The first-order valence-electron chi connectivity index (χ1n) is 23.5. The summed E-state index contributed by atoms with van der Waals surface area (Å²) in [6.07, 6.45) is 12.4. The minimum atomic E-state index is 0.0432. The van der Waals surface area contributed by atoms with Crippen LogP contribution in [0.25, 0.3) is 55.3 Å². The summed E-state index contributed by atoms with van der Waals surface area (Å²) in [7, 11) is 0. The van der Waals surface area contributed by atoms with E-state index in [0.717, 1.165) is 40.4 Å². The zero-order valence-corrected chi connectivity index (χ0v) is 34.6. The number of furan rings is 1. The van der Waals surface area contributed by atoms with Crippen molar-refractivity contribution in [2.45, 2.75) is 68.6 Å². The molecule has 6 bridgehead atoms. The fraction of sp³-hybridized carbons (Fsp3) is 0.288. The third kappa shape index (κ3) is 4.25. The van der Waals surface area contributed by atoms with E-state index in [4.69, 9.17) is 4.42 Å². The molecule has 2 spiro atoms. The van der Waals surface area contributed by atoms with Crippen LogP contribution in [0.15, 0.2) is 156 Å². The van der Waals surface area contributed by atoms with Gasteiger partial charge in [0.2, 0.25) is 0 Å². The molecule has 2 heteroatoms. The van der Waals surface area contributed by atoms with Crippen LogP contribution in [0.3, 0.4) is 0 Å². The monoisotopic (exact) mass is 787 g/mol. The molecule has 16 rings (SSSR count). The van der Waals surface area contributed by atoms with Gasteiger partial charge in [-0.1, -0.05) is 122 Å². The van der Waals surface area contributed by atoms with Crippen molar-refractivity contribution in [1.82, 2.24) is 0 Å². The molecule has 6 fully saturated rings. The summed E-state index contributed by atoms with van der Waals surface area (Å²) in [5.74, 6) is 4.77. The molecule has 8 aliphatic rings. The molecule has 6 saturated carbocycles. The van der Waals surface area contributed by atoms with E-state index >= 15 is 0 Å². The number of nitrogens with zero attached hydrogens (tertiary/aromatic N) is 1. The molecule has 61 heavy (non-hydrogen) atoms. The fourth-order valence-corrected chi connectivity index (χ4v) is 16.1. The molecular formula is C59H49NO. The van der Waals surface area contributed by atoms with E-state index in [1.807, 2.05) is 0 Å². The van der Waals surface area contributed by atoms with Gasteiger partial charge in [-0.25, -0.2) is 0 Å². The van der Waals surface area contributed by atoms with Crippen molar-refractivity contribution in [1.29, 1.82) is 0 Å². The van der Waals surface area contributed by atoms with Crippen molar-refractivity contribution < 1.29 is 4.42 Å². The van der Waals surface area contributed by atoms with Crippen LogP contribution in [0.1, 0.15) is 80.0 Å². The van der Waals surface area contributed by atoms with Crippen molar-refractivity contribution in [2.24, 2.45) is 35.5 Å². The van der Waals surface area contributed by atoms with Crippen molar-refractivity contribution in [3.63, 3.8) is 0 Å². The zero-order valence-electron chi connectivity index (χ0n) is 34.6. The van der Waals surface area contributed by atoms with Gasteiger partial charge >= 0.3 is 0 Å². The van der Waals surface area contributed by atoms with Crippen LogP contribution in [0.5, 0.6) is 0 Å². The maximum atomic E-state index is 6.56. The van der Waals surface area contributed by atoms with Gasteiger partial charge in [0.05, 0.1) is 5.69 Å². The Balaban J connectivity index is 0.955. The average molecular weight is 788 g/mol.